The molecule has 0 saturated heterocycles. The van der Waals surface area contributed by atoms with Gasteiger partial charge in [-0.2, -0.15) is 5.10 Å². The van der Waals surface area contributed by atoms with E-state index in [0.717, 1.165) is 0 Å². The average Bonchev–Trinajstić information content (AvgIpc) is 2.92. The van der Waals surface area contributed by atoms with Crippen LogP contribution in [0.15, 0.2) is 23.4 Å². The Bertz CT molecular complexity index is 703. The summed E-state index contributed by atoms with van der Waals surface area (Å²) in [5, 5.41) is 6.47. The van der Waals surface area contributed by atoms with Crippen molar-refractivity contribution >= 4 is 33.2 Å². The molecule has 4 N–H and O–H groups in total. The van der Waals surface area contributed by atoms with Crippen LogP contribution in [0.1, 0.15) is 11.4 Å². The van der Waals surface area contributed by atoms with Crippen LogP contribution >= 0.6 is 23.2 Å². The fourth-order valence-corrected chi connectivity index (χ4v) is 3.45. The Labute approximate surface area is 125 Å². The number of aromatic nitrogens is 3. The Balaban J connectivity index is 2.31. The van der Waals surface area contributed by atoms with Crippen LogP contribution < -0.4 is 10.5 Å². The number of benzene rings is 1. The highest BCUT2D eigenvalue weighted by molar-refractivity contribution is 7.89. The molecular weight excluding hydrogens is 325 g/mol. The zero-order valence-electron chi connectivity index (χ0n) is 10.1. The molecule has 2 rings (SSSR count). The molecule has 108 valence electrons. The minimum Gasteiger partial charge on any atom is -0.326 e. The molecule has 0 unspecified atom stereocenters. The molecule has 1 heterocycles. The van der Waals surface area contributed by atoms with E-state index in [1.165, 1.54) is 18.5 Å². The lowest BCUT2D eigenvalue weighted by Crippen LogP contribution is -2.24. The standard InChI is InChI=1S/C10H11Cl2N5O2S/c11-7-1-6(3-13)10(12)8(2-7)20(18,19)16-4-9-14-5-15-17-9/h1-2,5,16H,3-4,13H2,(H,14,15,17). The zero-order chi connectivity index (χ0) is 14.8. The number of nitrogens with one attached hydrogen (secondary N) is 2. The van der Waals surface area contributed by atoms with Gasteiger partial charge in [0.15, 0.2) is 0 Å². The Morgan fingerprint density at radius 1 is 1.35 bits per heavy atom. The molecular formula is C10H11Cl2N5O2S. The van der Waals surface area contributed by atoms with Crippen molar-refractivity contribution in [1.29, 1.82) is 0 Å². The third-order valence-corrected chi connectivity index (χ3v) is 4.69. The molecule has 0 bridgehead atoms. The summed E-state index contributed by atoms with van der Waals surface area (Å²) >= 11 is 11.9. The van der Waals surface area contributed by atoms with Crippen molar-refractivity contribution in [3.63, 3.8) is 0 Å². The van der Waals surface area contributed by atoms with E-state index in [9.17, 15) is 8.42 Å². The second kappa shape index (κ2) is 6.06. The summed E-state index contributed by atoms with van der Waals surface area (Å²) in [6, 6.07) is 2.80. The summed E-state index contributed by atoms with van der Waals surface area (Å²) in [6.45, 7) is 0.0488. The average molecular weight is 336 g/mol. The van der Waals surface area contributed by atoms with Crippen molar-refractivity contribution in [3.8, 4) is 0 Å². The Morgan fingerprint density at radius 2 is 2.10 bits per heavy atom. The third-order valence-electron chi connectivity index (χ3n) is 2.48. The van der Waals surface area contributed by atoms with E-state index in [1.807, 2.05) is 0 Å². The van der Waals surface area contributed by atoms with E-state index < -0.39 is 10.0 Å². The fraction of sp³-hybridized carbons (Fsp3) is 0.200. The van der Waals surface area contributed by atoms with Crippen LogP contribution in [-0.2, 0) is 23.1 Å². The third kappa shape index (κ3) is 3.28. The number of sulfonamides is 1. The van der Waals surface area contributed by atoms with Gasteiger partial charge in [0.2, 0.25) is 10.0 Å². The molecule has 1 aromatic carbocycles. The SMILES string of the molecule is NCc1cc(Cl)cc(S(=O)(=O)NCc2ncn[nH]2)c1Cl. The lowest BCUT2D eigenvalue weighted by Gasteiger charge is -2.10. The molecule has 0 spiro atoms. The number of aromatic amines is 1. The molecule has 0 radical (unpaired) electrons. The lowest BCUT2D eigenvalue weighted by atomic mass is 10.2. The predicted molar refractivity (Wildman–Crippen MR) is 74.8 cm³/mol. The van der Waals surface area contributed by atoms with Crippen molar-refractivity contribution in [1.82, 2.24) is 19.9 Å². The van der Waals surface area contributed by atoms with E-state index in [-0.39, 0.29) is 28.0 Å². The quantitative estimate of drug-likeness (QED) is 0.755. The molecule has 0 saturated carbocycles. The molecule has 0 aliphatic carbocycles. The maximum atomic E-state index is 12.2. The fourth-order valence-electron chi connectivity index (χ4n) is 1.52. The zero-order valence-corrected chi connectivity index (χ0v) is 12.4. The second-order valence-corrected chi connectivity index (χ2v) is 6.39. The number of hydrogen-bond acceptors (Lipinski definition) is 5. The molecule has 0 aliphatic rings. The molecule has 0 aliphatic heterocycles. The van der Waals surface area contributed by atoms with Gasteiger partial charge >= 0.3 is 0 Å². The van der Waals surface area contributed by atoms with Gasteiger partial charge < -0.3 is 5.73 Å². The number of rotatable bonds is 5. The van der Waals surface area contributed by atoms with E-state index in [0.29, 0.717) is 11.4 Å². The topological polar surface area (TPSA) is 114 Å². The normalized spacial score (nSPS) is 11.8. The van der Waals surface area contributed by atoms with Crippen molar-refractivity contribution in [3.05, 3.63) is 39.9 Å². The van der Waals surface area contributed by atoms with Gasteiger partial charge in [0, 0.05) is 11.6 Å². The van der Waals surface area contributed by atoms with Gasteiger partial charge in [0.05, 0.1) is 11.6 Å². The number of H-pyrrole nitrogens is 1. The smallest absolute Gasteiger partial charge is 0.242 e. The van der Waals surface area contributed by atoms with E-state index in [2.05, 4.69) is 19.9 Å². The summed E-state index contributed by atoms with van der Waals surface area (Å²) in [5.41, 5.74) is 5.96. The Kier molecular flexibility index (Phi) is 4.61. The van der Waals surface area contributed by atoms with Crippen LogP contribution in [0.4, 0.5) is 0 Å². The first kappa shape index (κ1) is 15.2. The van der Waals surface area contributed by atoms with Crippen molar-refractivity contribution in [2.75, 3.05) is 0 Å². The van der Waals surface area contributed by atoms with E-state index in [1.54, 1.807) is 0 Å². The molecule has 1 aromatic heterocycles. The van der Waals surface area contributed by atoms with Gasteiger partial charge in [-0.3, -0.25) is 5.10 Å². The van der Waals surface area contributed by atoms with Gasteiger partial charge in [-0.25, -0.2) is 18.1 Å². The summed E-state index contributed by atoms with van der Waals surface area (Å²) in [7, 11) is -3.83. The van der Waals surface area contributed by atoms with Gasteiger partial charge in [-0.1, -0.05) is 23.2 Å². The van der Waals surface area contributed by atoms with E-state index >= 15 is 0 Å². The van der Waals surface area contributed by atoms with Crippen molar-refractivity contribution in [2.45, 2.75) is 18.0 Å². The minimum atomic E-state index is -3.83. The molecule has 0 atom stereocenters. The van der Waals surface area contributed by atoms with Gasteiger partial charge in [0.25, 0.3) is 0 Å². The molecule has 0 fully saturated rings. The summed E-state index contributed by atoms with van der Waals surface area (Å²) in [5.74, 6) is 0.380. The summed E-state index contributed by atoms with van der Waals surface area (Å²) in [6.07, 6.45) is 1.28. The number of halogens is 2. The van der Waals surface area contributed by atoms with E-state index in [4.69, 9.17) is 28.9 Å². The van der Waals surface area contributed by atoms with Gasteiger partial charge in [-0.15, -0.1) is 0 Å². The minimum absolute atomic E-state index is 0.0386. The highest BCUT2D eigenvalue weighted by atomic mass is 35.5. The number of hydrogen-bond donors (Lipinski definition) is 3. The molecule has 20 heavy (non-hydrogen) atoms. The molecule has 10 heteroatoms. The van der Waals surface area contributed by atoms with Crippen LogP contribution in [-0.4, -0.2) is 23.6 Å². The maximum Gasteiger partial charge on any atom is 0.242 e. The lowest BCUT2D eigenvalue weighted by molar-refractivity contribution is 0.579. The monoisotopic (exact) mass is 335 g/mol. The molecule has 2 aromatic rings. The predicted octanol–water partition coefficient (Wildman–Crippen LogP) is 1.05. The van der Waals surface area contributed by atoms with Gasteiger partial charge in [0.1, 0.15) is 17.0 Å². The van der Waals surface area contributed by atoms with Crippen molar-refractivity contribution < 1.29 is 8.42 Å². The first-order chi connectivity index (χ1) is 9.44. The first-order valence-corrected chi connectivity index (χ1v) is 7.70. The maximum absolute atomic E-state index is 12.2. The second-order valence-electron chi connectivity index (χ2n) is 3.84. The highest BCUT2D eigenvalue weighted by Gasteiger charge is 2.21. The molecule has 7 nitrogen and oxygen atoms in total. The van der Waals surface area contributed by atoms with Crippen LogP contribution in [0.5, 0.6) is 0 Å². The largest absolute Gasteiger partial charge is 0.326 e. The van der Waals surface area contributed by atoms with Crippen LogP contribution in [0, 0.1) is 0 Å². The highest BCUT2D eigenvalue weighted by Crippen LogP contribution is 2.29. The Morgan fingerprint density at radius 3 is 2.70 bits per heavy atom. The van der Waals surface area contributed by atoms with Crippen LogP contribution in [0.3, 0.4) is 0 Å². The number of nitrogens with two attached hydrogens (primary N) is 1. The first-order valence-electron chi connectivity index (χ1n) is 5.46. The van der Waals surface area contributed by atoms with Crippen molar-refractivity contribution in [2.24, 2.45) is 5.73 Å². The summed E-state index contributed by atoms with van der Waals surface area (Å²) < 4.78 is 26.8. The van der Waals surface area contributed by atoms with Crippen LogP contribution in [0.25, 0.3) is 0 Å². The summed E-state index contributed by atoms with van der Waals surface area (Å²) in [4.78, 5) is 3.70. The van der Waals surface area contributed by atoms with Crippen LogP contribution in [0.2, 0.25) is 10.0 Å². The molecule has 0 amide bonds. The number of nitrogens with zero attached hydrogens (tertiary/aromatic N) is 2. The Hall–Kier alpha value is -1.19. The van der Waals surface area contributed by atoms with Gasteiger partial charge in [-0.05, 0) is 17.7 Å².